The van der Waals surface area contributed by atoms with Crippen molar-refractivity contribution >= 4 is 6.29 Å². The van der Waals surface area contributed by atoms with Crippen LogP contribution in [0.4, 0.5) is 0 Å². The van der Waals surface area contributed by atoms with Gasteiger partial charge in [-0.05, 0) is 19.8 Å². The van der Waals surface area contributed by atoms with E-state index in [4.69, 9.17) is 5.11 Å². The Morgan fingerprint density at radius 2 is 1.92 bits per heavy atom. The number of carbonyl (C=O) groups is 1. The molecule has 0 aliphatic carbocycles. The predicted octanol–water partition coefficient (Wildman–Crippen LogP) is 0.713. The molecule has 72 valence electrons. The molecular formula is C9H19NO2. The molecule has 0 aromatic rings. The molecule has 3 nitrogen and oxygen atoms in total. The van der Waals surface area contributed by atoms with E-state index in [9.17, 15) is 4.79 Å². The lowest BCUT2D eigenvalue weighted by atomic mass is 10.1. The average Bonchev–Trinajstić information content (AvgIpc) is 2.06. The summed E-state index contributed by atoms with van der Waals surface area (Å²) in [4.78, 5) is 10.5. The van der Waals surface area contributed by atoms with E-state index in [0.717, 1.165) is 19.1 Å². The second-order valence-corrected chi connectivity index (χ2v) is 3.08. The fourth-order valence-electron chi connectivity index (χ4n) is 1.09. The van der Waals surface area contributed by atoms with Crippen LogP contribution in [0.5, 0.6) is 0 Å². The minimum absolute atomic E-state index is 0.329. The Labute approximate surface area is 74.2 Å². The van der Waals surface area contributed by atoms with Crippen molar-refractivity contribution < 1.29 is 9.90 Å². The standard InChI is InChI=1S/C9H19NO2/c1-4-8(5-2)10-9(6-11)7(3)12/h6-10,12H,4-5H2,1-3H3/t7-,9-/m1/s1. The molecule has 2 atom stereocenters. The average molecular weight is 173 g/mol. The third-order valence-electron chi connectivity index (χ3n) is 2.08. The first-order valence-corrected chi connectivity index (χ1v) is 4.55. The monoisotopic (exact) mass is 173 g/mol. The van der Waals surface area contributed by atoms with E-state index in [1.165, 1.54) is 0 Å². The summed E-state index contributed by atoms with van der Waals surface area (Å²) in [5.74, 6) is 0. The zero-order chi connectivity index (χ0) is 9.56. The van der Waals surface area contributed by atoms with Gasteiger partial charge in [-0.25, -0.2) is 0 Å². The molecule has 12 heavy (non-hydrogen) atoms. The van der Waals surface area contributed by atoms with Crippen LogP contribution in [0.1, 0.15) is 33.6 Å². The number of nitrogens with one attached hydrogen (secondary N) is 1. The van der Waals surface area contributed by atoms with Crippen molar-refractivity contribution in [3.63, 3.8) is 0 Å². The second kappa shape index (κ2) is 6.14. The molecule has 0 amide bonds. The molecule has 0 radical (unpaired) electrons. The Bertz CT molecular complexity index is 122. The summed E-state index contributed by atoms with van der Waals surface area (Å²) in [7, 11) is 0. The lowest BCUT2D eigenvalue weighted by molar-refractivity contribution is -0.111. The highest BCUT2D eigenvalue weighted by atomic mass is 16.3. The van der Waals surface area contributed by atoms with Gasteiger partial charge in [-0.3, -0.25) is 0 Å². The molecule has 0 aliphatic heterocycles. The van der Waals surface area contributed by atoms with Gasteiger partial charge < -0.3 is 15.2 Å². The minimum atomic E-state index is -0.608. The van der Waals surface area contributed by atoms with Crippen LogP contribution in [0.25, 0.3) is 0 Å². The highest BCUT2D eigenvalue weighted by Gasteiger charge is 2.16. The van der Waals surface area contributed by atoms with Crippen LogP contribution in [0.3, 0.4) is 0 Å². The normalized spacial score (nSPS) is 16.1. The van der Waals surface area contributed by atoms with Gasteiger partial charge in [0.15, 0.2) is 0 Å². The summed E-state index contributed by atoms with van der Waals surface area (Å²) in [6.45, 7) is 5.74. The van der Waals surface area contributed by atoms with Gasteiger partial charge in [0.25, 0.3) is 0 Å². The Hall–Kier alpha value is -0.410. The van der Waals surface area contributed by atoms with Gasteiger partial charge in [0.1, 0.15) is 6.29 Å². The highest BCUT2D eigenvalue weighted by molar-refractivity contribution is 5.58. The summed E-state index contributed by atoms with van der Waals surface area (Å²) in [6, 6.07) is -0.0929. The summed E-state index contributed by atoms with van der Waals surface area (Å²) in [6.07, 6.45) is 2.12. The largest absolute Gasteiger partial charge is 0.391 e. The van der Waals surface area contributed by atoms with Crippen molar-refractivity contribution in [3.05, 3.63) is 0 Å². The molecule has 0 aromatic carbocycles. The van der Waals surface area contributed by atoms with Gasteiger partial charge in [-0.1, -0.05) is 13.8 Å². The highest BCUT2D eigenvalue weighted by Crippen LogP contribution is 1.99. The number of hydrogen-bond donors (Lipinski definition) is 2. The van der Waals surface area contributed by atoms with Gasteiger partial charge in [-0.15, -0.1) is 0 Å². The molecular weight excluding hydrogens is 154 g/mol. The zero-order valence-corrected chi connectivity index (χ0v) is 8.08. The molecule has 0 aliphatic rings. The first kappa shape index (κ1) is 11.6. The van der Waals surface area contributed by atoms with Gasteiger partial charge in [-0.2, -0.15) is 0 Å². The van der Waals surface area contributed by atoms with Crippen LogP contribution >= 0.6 is 0 Å². The molecule has 0 spiro atoms. The topological polar surface area (TPSA) is 49.3 Å². The molecule has 0 heterocycles. The number of hydrogen-bond acceptors (Lipinski definition) is 3. The number of rotatable bonds is 6. The Kier molecular flexibility index (Phi) is 5.93. The molecule has 2 N–H and O–H groups in total. The summed E-state index contributed by atoms with van der Waals surface area (Å²) >= 11 is 0. The lowest BCUT2D eigenvalue weighted by Gasteiger charge is -2.21. The van der Waals surface area contributed by atoms with E-state index in [2.05, 4.69) is 19.2 Å². The number of aliphatic hydroxyl groups excluding tert-OH is 1. The van der Waals surface area contributed by atoms with Crippen LogP contribution in [0.15, 0.2) is 0 Å². The molecule has 0 unspecified atom stereocenters. The SMILES string of the molecule is CCC(CC)N[C@H](C=O)[C@@H](C)O. The van der Waals surface area contributed by atoms with Crippen LogP contribution in [0, 0.1) is 0 Å². The number of aliphatic hydroxyl groups is 1. The van der Waals surface area contributed by atoms with Crippen molar-refractivity contribution in [2.45, 2.75) is 51.8 Å². The first-order chi connectivity index (χ1) is 5.65. The van der Waals surface area contributed by atoms with E-state index >= 15 is 0 Å². The molecule has 0 fully saturated rings. The smallest absolute Gasteiger partial charge is 0.139 e. The van der Waals surface area contributed by atoms with Crippen molar-refractivity contribution in [2.75, 3.05) is 0 Å². The van der Waals surface area contributed by atoms with Crippen LogP contribution in [0.2, 0.25) is 0 Å². The molecule has 0 rings (SSSR count). The van der Waals surface area contributed by atoms with Crippen LogP contribution in [-0.2, 0) is 4.79 Å². The maximum atomic E-state index is 10.5. The molecule has 0 aromatic heterocycles. The fourth-order valence-corrected chi connectivity index (χ4v) is 1.09. The van der Waals surface area contributed by atoms with E-state index in [1.807, 2.05) is 0 Å². The zero-order valence-electron chi connectivity index (χ0n) is 8.08. The third-order valence-corrected chi connectivity index (χ3v) is 2.08. The van der Waals surface area contributed by atoms with Crippen LogP contribution in [-0.4, -0.2) is 29.6 Å². The second-order valence-electron chi connectivity index (χ2n) is 3.08. The van der Waals surface area contributed by atoms with Gasteiger partial charge in [0.05, 0.1) is 12.1 Å². The maximum absolute atomic E-state index is 10.5. The Morgan fingerprint density at radius 3 is 2.17 bits per heavy atom. The summed E-state index contributed by atoms with van der Waals surface area (Å²) < 4.78 is 0. The van der Waals surface area contributed by atoms with Crippen molar-refractivity contribution in [2.24, 2.45) is 0 Å². The van der Waals surface area contributed by atoms with Crippen molar-refractivity contribution in [1.29, 1.82) is 0 Å². The predicted molar refractivity (Wildman–Crippen MR) is 49.0 cm³/mol. The number of carbonyl (C=O) groups excluding carboxylic acids is 1. The Morgan fingerprint density at radius 1 is 1.42 bits per heavy atom. The Balaban J connectivity index is 3.90. The van der Waals surface area contributed by atoms with Crippen LogP contribution < -0.4 is 5.32 Å². The fraction of sp³-hybridized carbons (Fsp3) is 0.889. The molecule has 0 saturated carbocycles. The lowest BCUT2D eigenvalue weighted by Crippen LogP contribution is -2.45. The van der Waals surface area contributed by atoms with Gasteiger partial charge in [0.2, 0.25) is 0 Å². The summed E-state index contributed by atoms with van der Waals surface area (Å²) in [5, 5.41) is 12.2. The van der Waals surface area contributed by atoms with Gasteiger partial charge in [0, 0.05) is 6.04 Å². The van der Waals surface area contributed by atoms with E-state index in [1.54, 1.807) is 6.92 Å². The van der Waals surface area contributed by atoms with E-state index < -0.39 is 12.1 Å². The molecule has 0 bridgehead atoms. The quantitative estimate of drug-likeness (QED) is 0.582. The maximum Gasteiger partial charge on any atom is 0.139 e. The first-order valence-electron chi connectivity index (χ1n) is 4.55. The van der Waals surface area contributed by atoms with Crippen molar-refractivity contribution in [1.82, 2.24) is 5.32 Å². The van der Waals surface area contributed by atoms with Crippen molar-refractivity contribution in [3.8, 4) is 0 Å². The van der Waals surface area contributed by atoms with E-state index in [0.29, 0.717) is 6.04 Å². The minimum Gasteiger partial charge on any atom is -0.391 e. The van der Waals surface area contributed by atoms with Gasteiger partial charge >= 0.3 is 0 Å². The summed E-state index contributed by atoms with van der Waals surface area (Å²) in [5.41, 5.74) is 0. The third kappa shape index (κ3) is 3.83. The van der Waals surface area contributed by atoms with E-state index in [-0.39, 0.29) is 0 Å². The molecule has 0 saturated heterocycles. The number of aldehydes is 1. The molecule has 3 heteroatoms.